The molecule has 0 spiro atoms. The molecular formula is C22H34FN2O13P. The van der Waals surface area contributed by atoms with E-state index in [2.05, 4.69) is 0 Å². The van der Waals surface area contributed by atoms with Crippen molar-refractivity contribution < 1.29 is 56.5 Å². The Hall–Kier alpha value is -2.46. The quantitative estimate of drug-likeness (QED) is 0.157. The minimum atomic E-state index is -4.82. The number of nitrogens with one attached hydrogen (secondary N) is 1. The van der Waals surface area contributed by atoms with Gasteiger partial charge in [0, 0.05) is 18.7 Å². The number of aliphatic hydroxyl groups excluding tert-OH is 1. The first kappa shape index (κ1) is 32.8. The molecule has 5 atom stereocenters. The van der Waals surface area contributed by atoms with Gasteiger partial charge in [0.05, 0.1) is 18.5 Å². The summed E-state index contributed by atoms with van der Waals surface area (Å²) in [6.45, 7) is 4.33. The zero-order chi connectivity index (χ0) is 29.5. The van der Waals surface area contributed by atoms with Crippen LogP contribution < -0.4 is 11.2 Å². The zero-order valence-corrected chi connectivity index (χ0v) is 23.0. The van der Waals surface area contributed by atoms with Crippen molar-refractivity contribution in [3.8, 4) is 0 Å². The van der Waals surface area contributed by atoms with Gasteiger partial charge in [-0.25, -0.2) is 18.4 Å². The maximum Gasteiger partial charge on any atom is 0.481 e. The predicted molar refractivity (Wildman–Crippen MR) is 129 cm³/mol. The van der Waals surface area contributed by atoms with Gasteiger partial charge in [0.25, 0.3) is 5.56 Å². The molecule has 1 saturated heterocycles. The zero-order valence-electron chi connectivity index (χ0n) is 22.1. The van der Waals surface area contributed by atoms with Crippen molar-refractivity contribution in [3.63, 3.8) is 0 Å². The highest BCUT2D eigenvalue weighted by molar-refractivity contribution is 7.48. The predicted octanol–water partition coefficient (Wildman–Crippen LogP) is 0.745. The lowest BCUT2D eigenvalue weighted by Gasteiger charge is -2.29. The third kappa shape index (κ3) is 8.51. The molecule has 1 aliphatic heterocycles. The SMILES string of the molecule is CC(C)C(=O)OCOP(=O)(OCOC(=O)C(C)C)OC(CCF)[C@H]1O[C@@H](n2ccc(=O)[nH]c2=O)[C@](C)(O)[C@@H]1O. The Bertz CT molecular complexity index is 1120. The lowest BCUT2D eigenvalue weighted by molar-refractivity contribution is -0.159. The third-order valence-corrected chi connectivity index (χ3v) is 6.96. The van der Waals surface area contributed by atoms with Gasteiger partial charge >= 0.3 is 25.5 Å². The minimum absolute atomic E-state index is 0.557. The molecule has 2 heterocycles. The maximum absolute atomic E-state index is 13.5. The van der Waals surface area contributed by atoms with Gasteiger partial charge in [-0.1, -0.05) is 27.7 Å². The van der Waals surface area contributed by atoms with E-state index in [4.69, 9.17) is 27.8 Å². The normalized spacial score (nSPS) is 24.2. The highest BCUT2D eigenvalue weighted by Gasteiger charge is 2.57. The van der Waals surface area contributed by atoms with Crippen molar-refractivity contribution in [2.45, 2.75) is 71.2 Å². The first-order valence-electron chi connectivity index (χ1n) is 12.0. The van der Waals surface area contributed by atoms with E-state index in [9.17, 15) is 38.3 Å². The van der Waals surface area contributed by atoms with E-state index in [0.29, 0.717) is 0 Å². The number of hydrogen-bond acceptors (Lipinski definition) is 13. The van der Waals surface area contributed by atoms with Gasteiger partial charge in [0.15, 0.2) is 6.23 Å². The summed E-state index contributed by atoms with van der Waals surface area (Å²) in [6, 6.07) is 0.975. The fourth-order valence-electron chi connectivity index (χ4n) is 3.37. The van der Waals surface area contributed by atoms with Crippen LogP contribution in [0.1, 0.15) is 47.3 Å². The molecular weight excluding hydrogens is 550 g/mol. The topological polar surface area (TPSA) is 202 Å². The van der Waals surface area contributed by atoms with Crippen LogP contribution in [0.5, 0.6) is 0 Å². The average Bonchev–Trinajstić information content (AvgIpc) is 3.07. The van der Waals surface area contributed by atoms with Crippen LogP contribution in [0, 0.1) is 11.8 Å². The molecule has 1 fully saturated rings. The Balaban J connectivity index is 2.31. The average molecular weight is 584 g/mol. The Morgan fingerprint density at radius 3 is 2.15 bits per heavy atom. The molecule has 0 aliphatic carbocycles. The highest BCUT2D eigenvalue weighted by atomic mass is 31.2. The number of esters is 2. The number of rotatable bonds is 14. The van der Waals surface area contributed by atoms with Crippen molar-refractivity contribution in [1.29, 1.82) is 0 Å². The Labute approximate surface area is 222 Å². The molecule has 15 nitrogen and oxygen atoms in total. The van der Waals surface area contributed by atoms with Crippen molar-refractivity contribution in [3.05, 3.63) is 33.1 Å². The number of alkyl halides is 1. The van der Waals surface area contributed by atoms with Gasteiger partial charge in [-0.3, -0.25) is 32.8 Å². The summed E-state index contributed by atoms with van der Waals surface area (Å²) in [5.74, 6) is -2.54. The van der Waals surface area contributed by atoms with E-state index in [0.717, 1.165) is 23.8 Å². The number of aliphatic hydroxyl groups is 2. The molecule has 39 heavy (non-hydrogen) atoms. The van der Waals surface area contributed by atoms with Crippen LogP contribution in [-0.2, 0) is 41.9 Å². The van der Waals surface area contributed by atoms with E-state index in [1.165, 1.54) is 27.7 Å². The first-order chi connectivity index (χ1) is 18.1. The lowest BCUT2D eigenvalue weighted by Crippen LogP contribution is -2.48. The number of phosphoric acid groups is 1. The van der Waals surface area contributed by atoms with Crippen molar-refractivity contribution in [1.82, 2.24) is 9.55 Å². The van der Waals surface area contributed by atoms with Gasteiger partial charge in [-0.05, 0) is 6.92 Å². The molecule has 1 aromatic rings. The molecule has 0 radical (unpaired) electrons. The van der Waals surface area contributed by atoms with Gasteiger partial charge in [-0.2, -0.15) is 0 Å². The third-order valence-electron chi connectivity index (χ3n) is 5.59. The van der Waals surface area contributed by atoms with Crippen LogP contribution in [0.2, 0.25) is 0 Å². The molecule has 2 rings (SSSR count). The molecule has 1 aromatic heterocycles. The number of H-pyrrole nitrogens is 1. The second-order valence-electron chi connectivity index (χ2n) is 9.44. The molecule has 3 N–H and O–H groups in total. The molecule has 17 heteroatoms. The molecule has 0 aromatic carbocycles. The number of carbonyl (C=O) groups is 2. The summed E-state index contributed by atoms with van der Waals surface area (Å²) in [5.41, 5.74) is -3.88. The van der Waals surface area contributed by atoms with Gasteiger partial charge < -0.3 is 24.4 Å². The van der Waals surface area contributed by atoms with E-state index in [1.807, 2.05) is 4.98 Å². The summed E-state index contributed by atoms with van der Waals surface area (Å²) in [6.07, 6.45) is -6.23. The van der Waals surface area contributed by atoms with E-state index in [-0.39, 0.29) is 0 Å². The van der Waals surface area contributed by atoms with Crippen LogP contribution >= 0.6 is 7.82 Å². The van der Waals surface area contributed by atoms with E-state index < -0.39 is 99.7 Å². The molecule has 1 unspecified atom stereocenters. The van der Waals surface area contributed by atoms with Crippen molar-refractivity contribution in [2.75, 3.05) is 20.3 Å². The number of phosphoric ester groups is 1. The molecule has 1 aliphatic rings. The van der Waals surface area contributed by atoms with E-state index in [1.54, 1.807) is 0 Å². The van der Waals surface area contributed by atoms with Crippen LogP contribution in [0.25, 0.3) is 0 Å². The standard InChI is InChI=1S/C22H34FN2O13P/c1-12(2)18(28)33-10-35-39(32,36-11-34-19(29)13(3)4)38-14(6-8-23)16-17(27)22(5,31)20(37-16)25-9-7-15(26)24-21(25)30/h7,9,12-14,16-17,20,27,31H,6,8,10-11H2,1-5H3,(H,24,26,30)/t14?,16-,17-,20-,22-/m1/s1. The summed E-state index contributed by atoms with van der Waals surface area (Å²) < 4.78 is 58.4. The van der Waals surface area contributed by atoms with Gasteiger partial charge in [0.2, 0.25) is 13.6 Å². The summed E-state index contributed by atoms with van der Waals surface area (Å²) in [4.78, 5) is 49.2. The van der Waals surface area contributed by atoms with Crippen LogP contribution in [-0.4, -0.2) is 75.9 Å². The molecule has 0 saturated carbocycles. The Morgan fingerprint density at radius 2 is 1.69 bits per heavy atom. The maximum atomic E-state index is 13.5. The van der Waals surface area contributed by atoms with Crippen molar-refractivity contribution in [2.24, 2.45) is 11.8 Å². The smallest absolute Gasteiger partial charge is 0.438 e. The summed E-state index contributed by atoms with van der Waals surface area (Å²) >= 11 is 0. The largest absolute Gasteiger partial charge is 0.481 e. The highest BCUT2D eigenvalue weighted by Crippen LogP contribution is 2.53. The van der Waals surface area contributed by atoms with Gasteiger partial charge in [0.1, 0.15) is 23.9 Å². The molecule has 0 amide bonds. The number of hydrogen-bond donors (Lipinski definition) is 3. The second kappa shape index (κ2) is 13.7. The molecule has 222 valence electrons. The van der Waals surface area contributed by atoms with Gasteiger partial charge in [-0.15, -0.1) is 0 Å². The lowest BCUT2D eigenvalue weighted by atomic mass is 9.93. The molecule has 0 bridgehead atoms. The van der Waals surface area contributed by atoms with Crippen LogP contribution in [0.4, 0.5) is 4.39 Å². The monoisotopic (exact) mass is 584 g/mol. The Morgan fingerprint density at radius 1 is 1.15 bits per heavy atom. The second-order valence-corrected chi connectivity index (χ2v) is 11.1. The number of nitrogens with zero attached hydrogens (tertiary/aromatic N) is 1. The Kier molecular flexibility index (Phi) is 11.5. The first-order valence-corrected chi connectivity index (χ1v) is 13.4. The summed E-state index contributed by atoms with van der Waals surface area (Å²) in [7, 11) is -4.82. The van der Waals surface area contributed by atoms with E-state index >= 15 is 0 Å². The van der Waals surface area contributed by atoms with Crippen molar-refractivity contribution >= 4 is 19.8 Å². The fraction of sp³-hybridized carbons (Fsp3) is 0.727. The number of aromatic nitrogens is 2. The minimum Gasteiger partial charge on any atom is -0.438 e. The fourth-order valence-corrected chi connectivity index (χ4v) is 4.49. The number of carbonyl (C=O) groups excluding carboxylic acids is 2. The summed E-state index contributed by atoms with van der Waals surface area (Å²) in [5, 5.41) is 21.8. The van der Waals surface area contributed by atoms with Crippen LogP contribution in [0.3, 0.4) is 0 Å². The number of ether oxygens (including phenoxy) is 3. The number of halogens is 1. The van der Waals surface area contributed by atoms with Crippen LogP contribution in [0.15, 0.2) is 21.9 Å². The number of aromatic amines is 1.